The lowest BCUT2D eigenvalue weighted by Gasteiger charge is -2.07. The van der Waals surface area contributed by atoms with Crippen molar-refractivity contribution in [2.45, 2.75) is 6.18 Å². The average molecular weight is 425 g/mol. The lowest BCUT2D eigenvalue weighted by Crippen LogP contribution is -2.05. The molecule has 9 heteroatoms. The minimum atomic E-state index is -4.39. The van der Waals surface area contributed by atoms with Crippen LogP contribution in [0.4, 0.5) is 24.0 Å². The number of hydrogen-bond acceptors (Lipinski definition) is 5. The van der Waals surface area contributed by atoms with E-state index in [0.29, 0.717) is 16.4 Å². The minimum absolute atomic E-state index is 0.273. The van der Waals surface area contributed by atoms with Gasteiger partial charge in [-0.2, -0.15) is 18.3 Å². The molecule has 0 saturated heterocycles. The Hall–Kier alpha value is -3.59. The minimum Gasteiger partial charge on any atom is -0.276 e. The number of nitrogens with zero attached hydrogens (tertiary/aromatic N) is 4. The standard InChI is InChI=1S/C21H14F3N5S/c22-21(23,24)15-10-12-16(13-11-15)26-27-19(14-6-2-1-3-7-14)28-29-20-25-17-8-4-5-9-18(17)30-20/h1-13,26H/b27-19+,29-28?. The molecule has 0 radical (unpaired) electrons. The van der Waals surface area contributed by atoms with Gasteiger partial charge >= 0.3 is 6.18 Å². The van der Waals surface area contributed by atoms with Gasteiger partial charge in [0.25, 0.3) is 0 Å². The molecule has 0 fully saturated rings. The molecule has 30 heavy (non-hydrogen) atoms. The zero-order valence-electron chi connectivity index (χ0n) is 15.3. The van der Waals surface area contributed by atoms with Gasteiger partial charge in [0.2, 0.25) is 11.0 Å². The summed E-state index contributed by atoms with van der Waals surface area (Å²) in [6.45, 7) is 0. The fraction of sp³-hybridized carbons (Fsp3) is 0.0476. The van der Waals surface area contributed by atoms with Crippen LogP contribution in [0.5, 0.6) is 0 Å². The van der Waals surface area contributed by atoms with E-state index in [9.17, 15) is 13.2 Å². The van der Waals surface area contributed by atoms with E-state index < -0.39 is 11.7 Å². The SMILES string of the molecule is FC(F)(F)c1ccc(N/N=C(/N=Nc2nc3ccccc3s2)c2ccccc2)cc1. The predicted molar refractivity (Wildman–Crippen MR) is 112 cm³/mol. The van der Waals surface area contributed by atoms with E-state index in [1.54, 1.807) is 0 Å². The fourth-order valence-corrected chi connectivity index (χ4v) is 3.36. The summed E-state index contributed by atoms with van der Waals surface area (Å²) < 4.78 is 39.1. The highest BCUT2D eigenvalue weighted by molar-refractivity contribution is 7.21. The van der Waals surface area contributed by atoms with Crippen LogP contribution in [-0.2, 0) is 6.18 Å². The van der Waals surface area contributed by atoms with Crippen LogP contribution in [0.2, 0.25) is 0 Å². The number of para-hydroxylation sites is 1. The second kappa shape index (κ2) is 8.42. The van der Waals surface area contributed by atoms with Gasteiger partial charge in [-0.05, 0) is 36.4 Å². The smallest absolute Gasteiger partial charge is 0.276 e. The molecule has 1 N–H and O–H groups in total. The molecule has 0 aliphatic carbocycles. The maximum Gasteiger partial charge on any atom is 0.416 e. The second-order valence-corrected chi connectivity index (χ2v) is 7.16. The van der Waals surface area contributed by atoms with Crippen LogP contribution in [0, 0.1) is 0 Å². The summed E-state index contributed by atoms with van der Waals surface area (Å²) in [5, 5.41) is 13.1. The monoisotopic (exact) mass is 425 g/mol. The van der Waals surface area contributed by atoms with Crippen molar-refractivity contribution in [1.82, 2.24) is 4.98 Å². The Morgan fingerprint density at radius 2 is 1.57 bits per heavy atom. The normalized spacial score (nSPS) is 12.6. The number of halogens is 3. The number of alkyl halides is 3. The number of azo groups is 1. The molecule has 0 atom stereocenters. The maximum atomic E-state index is 12.7. The molecular weight excluding hydrogens is 411 g/mol. The number of rotatable bonds is 4. The molecule has 150 valence electrons. The zero-order chi connectivity index (χ0) is 21.0. The van der Waals surface area contributed by atoms with Crippen molar-refractivity contribution in [3.8, 4) is 0 Å². The molecule has 0 saturated carbocycles. The van der Waals surface area contributed by atoms with E-state index in [1.165, 1.54) is 23.5 Å². The summed E-state index contributed by atoms with van der Waals surface area (Å²) in [6, 6.07) is 21.4. The number of thiazole rings is 1. The van der Waals surface area contributed by atoms with Gasteiger partial charge in [0.1, 0.15) is 0 Å². The van der Waals surface area contributed by atoms with Crippen molar-refractivity contribution < 1.29 is 13.2 Å². The second-order valence-electron chi connectivity index (χ2n) is 6.15. The number of hydrogen-bond donors (Lipinski definition) is 1. The van der Waals surface area contributed by atoms with Crippen molar-refractivity contribution in [3.05, 3.63) is 90.0 Å². The Morgan fingerprint density at radius 3 is 2.27 bits per heavy atom. The fourth-order valence-electron chi connectivity index (χ4n) is 2.58. The van der Waals surface area contributed by atoms with Crippen LogP contribution in [-0.4, -0.2) is 10.8 Å². The van der Waals surface area contributed by atoms with Gasteiger partial charge in [0.05, 0.1) is 21.5 Å². The first kappa shape index (κ1) is 19.7. The van der Waals surface area contributed by atoms with Gasteiger partial charge in [-0.3, -0.25) is 5.43 Å². The first-order chi connectivity index (χ1) is 14.5. The summed E-state index contributed by atoms with van der Waals surface area (Å²) in [5.41, 5.74) is 3.93. The molecule has 0 aliphatic heterocycles. The molecule has 1 heterocycles. The van der Waals surface area contributed by atoms with E-state index in [0.717, 1.165) is 22.3 Å². The van der Waals surface area contributed by atoms with Crippen LogP contribution in [0.15, 0.2) is 94.2 Å². The third kappa shape index (κ3) is 4.69. The summed E-state index contributed by atoms with van der Waals surface area (Å²) >= 11 is 1.40. The van der Waals surface area contributed by atoms with Gasteiger partial charge in [-0.25, -0.2) is 4.98 Å². The number of hydrazone groups is 1. The Morgan fingerprint density at radius 1 is 0.867 bits per heavy atom. The lowest BCUT2D eigenvalue weighted by molar-refractivity contribution is -0.137. The number of nitrogens with one attached hydrogen (secondary N) is 1. The molecule has 1 aromatic heterocycles. The van der Waals surface area contributed by atoms with Crippen LogP contribution < -0.4 is 5.43 Å². The summed E-state index contributed by atoms with van der Waals surface area (Å²) in [5.74, 6) is 0.273. The quantitative estimate of drug-likeness (QED) is 0.168. The highest BCUT2D eigenvalue weighted by Gasteiger charge is 2.29. The number of aromatic nitrogens is 1. The van der Waals surface area contributed by atoms with Crippen molar-refractivity contribution in [3.63, 3.8) is 0 Å². The van der Waals surface area contributed by atoms with Crippen molar-refractivity contribution in [2.75, 3.05) is 5.43 Å². The largest absolute Gasteiger partial charge is 0.416 e. The van der Waals surface area contributed by atoms with Gasteiger partial charge in [0.15, 0.2) is 0 Å². The molecule has 0 spiro atoms. The summed E-state index contributed by atoms with van der Waals surface area (Å²) in [4.78, 5) is 4.41. The van der Waals surface area contributed by atoms with E-state index in [-0.39, 0.29) is 5.84 Å². The van der Waals surface area contributed by atoms with Gasteiger partial charge in [-0.15, -0.1) is 10.2 Å². The molecule has 3 aromatic carbocycles. The lowest BCUT2D eigenvalue weighted by atomic mass is 10.2. The van der Waals surface area contributed by atoms with E-state index in [4.69, 9.17) is 0 Å². The van der Waals surface area contributed by atoms with Crippen molar-refractivity contribution >= 4 is 38.2 Å². The Kier molecular flexibility index (Phi) is 5.53. The third-order valence-electron chi connectivity index (χ3n) is 4.05. The van der Waals surface area contributed by atoms with Crippen LogP contribution in [0.25, 0.3) is 10.2 Å². The third-order valence-corrected chi connectivity index (χ3v) is 4.97. The van der Waals surface area contributed by atoms with Crippen LogP contribution in [0.3, 0.4) is 0 Å². The molecule has 5 nitrogen and oxygen atoms in total. The molecule has 0 unspecified atom stereocenters. The van der Waals surface area contributed by atoms with Crippen LogP contribution >= 0.6 is 11.3 Å². The van der Waals surface area contributed by atoms with E-state index >= 15 is 0 Å². The maximum absolute atomic E-state index is 12.7. The van der Waals surface area contributed by atoms with Crippen molar-refractivity contribution in [2.24, 2.45) is 15.3 Å². The Balaban J connectivity index is 1.59. The molecule has 4 aromatic rings. The Bertz CT molecular complexity index is 1170. The summed E-state index contributed by atoms with van der Waals surface area (Å²) in [6.07, 6.45) is -4.39. The Labute approximate surface area is 173 Å². The van der Waals surface area contributed by atoms with Gasteiger partial charge in [0, 0.05) is 5.56 Å². The highest BCUT2D eigenvalue weighted by Crippen LogP contribution is 2.30. The van der Waals surface area contributed by atoms with Gasteiger partial charge < -0.3 is 0 Å². The predicted octanol–water partition coefficient (Wildman–Crippen LogP) is 6.87. The van der Waals surface area contributed by atoms with E-state index in [2.05, 4.69) is 25.7 Å². The molecule has 0 amide bonds. The molecular formula is C21H14F3N5S. The number of fused-ring (bicyclic) bond motifs is 1. The summed E-state index contributed by atoms with van der Waals surface area (Å²) in [7, 11) is 0. The molecule has 4 rings (SSSR count). The average Bonchev–Trinajstić information content (AvgIpc) is 3.17. The van der Waals surface area contributed by atoms with Gasteiger partial charge in [-0.1, -0.05) is 53.8 Å². The zero-order valence-corrected chi connectivity index (χ0v) is 16.2. The molecule has 0 bridgehead atoms. The van der Waals surface area contributed by atoms with E-state index in [1.807, 2.05) is 54.6 Å². The first-order valence-corrected chi connectivity index (χ1v) is 9.64. The topological polar surface area (TPSA) is 62.0 Å². The van der Waals surface area contributed by atoms with Crippen molar-refractivity contribution in [1.29, 1.82) is 0 Å². The first-order valence-electron chi connectivity index (χ1n) is 8.83. The number of benzene rings is 3. The highest BCUT2D eigenvalue weighted by atomic mass is 32.1. The molecule has 0 aliphatic rings. The number of amidine groups is 1. The van der Waals surface area contributed by atoms with Crippen LogP contribution in [0.1, 0.15) is 11.1 Å². The number of anilines is 1.